The van der Waals surface area contributed by atoms with Crippen LogP contribution in [0.1, 0.15) is 0 Å². The Morgan fingerprint density at radius 3 is 2.61 bits per heavy atom. The van der Waals surface area contributed by atoms with Gasteiger partial charge in [-0.05, 0) is 6.07 Å². The normalized spacial score (nSPS) is 11.5. The summed E-state index contributed by atoms with van der Waals surface area (Å²) in [5.41, 5.74) is 0.494. The minimum Gasteiger partial charge on any atom is -0.384 e. The number of anilines is 1. The van der Waals surface area contributed by atoms with Gasteiger partial charge in [-0.3, -0.25) is 10.1 Å². The molecular formula is C10H15N3O4S. The highest BCUT2D eigenvalue weighted by Crippen LogP contribution is 2.16. The number of benzene rings is 1. The van der Waals surface area contributed by atoms with Gasteiger partial charge in [0.25, 0.3) is 5.69 Å². The van der Waals surface area contributed by atoms with Crippen molar-refractivity contribution in [2.24, 2.45) is 0 Å². The number of nitro groups is 1. The van der Waals surface area contributed by atoms with E-state index >= 15 is 0 Å². The van der Waals surface area contributed by atoms with E-state index in [4.69, 9.17) is 0 Å². The third-order valence-electron chi connectivity index (χ3n) is 2.30. The van der Waals surface area contributed by atoms with Crippen molar-refractivity contribution in [2.75, 3.05) is 31.7 Å². The maximum atomic E-state index is 11.5. The number of nitro benzene ring substituents is 1. The summed E-state index contributed by atoms with van der Waals surface area (Å²) in [6.45, 7) is 0.196. The molecule has 1 rings (SSSR count). The van der Waals surface area contributed by atoms with E-state index in [1.165, 1.54) is 26.2 Å². The molecule has 1 aromatic rings. The molecule has 0 saturated heterocycles. The zero-order chi connectivity index (χ0) is 13.8. The Morgan fingerprint density at radius 2 is 2.06 bits per heavy atom. The molecule has 0 heterocycles. The monoisotopic (exact) mass is 273 g/mol. The summed E-state index contributed by atoms with van der Waals surface area (Å²) in [4.78, 5) is 10.1. The smallest absolute Gasteiger partial charge is 0.271 e. The summed E-state index contributed by atoms with van der Waals surface area (Å²) >= 11 is 0. The summed E-state index contributed by atoms with van der Waals surface area (Å²) in [7, 11) is -0.336. The first-order chi connectivity index (χ1) is 8.33. The minimum absolute atomic E-state index is 0.0320. The molecule has 100 valence electrons. The average molecular weight is 273 g/mol. The molecule has 0 radical (unpaired) electrons. The average Bonchev–Trinajstić information content (AvgIpc) is 2.29. The molecule has 0 aliphatic carbocycles. The molecule has 0 saturated carbocycles. The molecule has 8 heteroatoms. The molecular weight excluding hydrogens is 258 g/mol. The van der Waals surface area contributed by atoms with E-state index in [0.29, 0.717) is 5.69 Å². The van der Waals surface area contributed by atoms with Crippen LogP contribution in [0.25, 0.3) is 0 Å². The second-order valence-corrected chi connectivity index (χ2v) is 6.13. The summed E-state index contributed by atoms with van der Waals surface area (Å²) in [6, 6.07) is 5.93. The van der Waals surface area contributed by atoms with Crippen molar-refractivity contribution >= 4 is 21.4 Å². The second-order valence-electron chi connectivity index (χ2n) is 3.83. The van der Waals surface area contributed by atoms with Gasteiger partial charge in [0, 0.05) is 38.5 Å². The number of hydrogen-bond acceptors (Lipinski definition) is 5. The maximum Gasteiger partial charge on any atom is 0.271 e. The van der Waals surface area contributed by atoms with Crippen LogP contribution >= 0.6 is 0 Å². The summed E-state index contributed by atoms with van der Waals surface area (Å²) in [5, 5.41) is 13.4. The Balaban J connectivity index is 2.60. The fraction of sp³-hybridized carbons (Fsp3) is 0.400. The molecule has 18 heavy (non-hydrogen) atoms. The van der Waals surface area contributed by atoms with Crippen LogP contribution in [0, 0.1) is 10.1 Å². The summed E-state index contributed by atoms with van der Waals surface area (Å²) in [6.07, 6.45) is 0. The highest BCUT2D eigenvalue weighted by atomic mass is 32.2. The molecule has 0 spiro atoms. The summed E-state index contributed by atoms with van der Waals surface area (Å²) in [5.74, 6) is -0.0668. The van der Waals surface area contributed by atoms with Crippen LogP contribution in [0.15, 0.2) is 24.3 Å². The van der Waals surface area contributed by atoms with Gasteiger partial charge in [0.05, 0.1) is 10.7 Å². The van der Waals surface area contributed by atoms with Crippen molar-refractivity contribution < 1.29 is 13.3 Å². The second kappa shape index (κ2) is 5.78. The van der Waals surface area contributed by atoms with Gasteiger partial charge in [0.15, 0.2) is 0 Å². The lowest BCUT2D eigenvalue weighted by molar-refractivity contribution is -0.384. The van der Waals surface area contributed by atoms with E-state index in [2.05, 4.69) is 5.32 Å². The Morgan fingerprint density at radius 1 is 1.39 bits per heavy atom. The predicted octanol–water partition coefficient (Wildman–Crippen LogP) is 0.898. The molecule has 0 aromatic heterocycles. The largest absolute Gasteiger partial charge is 0.384 e. The van der Waals surface area contributed by atoms with Gasteiger partial charge >= 0.3 is 0 Å². The van der Waals surface area contributed by atoms with Crippen LogP contribution in [0.3, 0.4) is 0 Å². The molecule has 1 aromatic carbocycles. The topological polar surface area (TPSA) is 92.6 Å². The van der Waals surface area contributed by atoms with Gasteiger partial charge in [-0.25, -0.2) is 12.7 Å². The number of nitrogens with zero attached hydrogens (tertiary/aromatic N) is 2. The number of hydrogen-bond donors (Lipinski definition) is 1. The molecule has 0 fully saturated rings. The zero-order valence-electron chi connectivity index (χ0n) is 10.2. The Kier molecular flexibility index (Phi) is 4.62. The Bertz CT molecular complexity index is 528. The third-order valence-corrected chi connectivity index (χ3v) is 4.14. The molecule has 0 amide bonds. The van der Waals surface area contributed by atoms with E-state index < -0.39 is 14.9 Å². The lowest BCUT2D eigenvalue weighted by Crippen LogP contribution is -2.28. The van der Waals surface area contributed by atoms with Gasteiger partial charge < -0.3 is 5.32 Å². The van der Waals surface area contributed by atoms with Gasteiger partial charge in [-0.15, -0.1) is 0 Å². The third kappa shape index (κ3) is 3.97. The summed E-state index contributed by atoms with van der Waals surface area (Å²) < 4.78 is 24.1. The van der Waals surface area contributed by atoms with E-state index in [9.17, 15) is 18.5 Å². The standard InChI is InChI=1S/C10H15N3O4S/c1-12(2)18(16,17)7-6-11-9-4-3-5-10(8-9)13(14)15/h3-5,8,11H,6-7H2,1-2H3. The lowest BCUT2D eigenvalue weighted by Gasteiger charge is -2.12. The van der Waals surface area contributed by atoms with E-state index in [1.807, 2.05) is 0 Å². The number of non-ortho nitro benzene ring substituents is 1. The van der Waals surface area contributed by atoms with Crippen LogP contribution in [-0.2, 0) is 10.0 Å². The molecule has 0 aliphatic rings. The van der Waals surface area contributed by atoms with Gasteiger partial charge in [0.1, 0.15) is 0 Å². The minimum atomic E-state index is -3.26. The highest BCUT2D eigenvalue weighted by molar-refractivity contribution is 7.89. The zero-order valence-corrected chi connectivity index (χ0v) is 11.0. The van der Waals surface area contributed by atoms with Crippen LogP contribution in [0.2, 0.25) is 0 Å². The first-order valence-electron chi connectivity index (χ1n) is 5.21. The Hall–Kier alpha value is -1.67. The van der Waals surface area contributed by atoms with Crippen molar-refractivity contribution in [1.29, 1.82) is 0 Å². The van der Waals surface area contributed by atoms with Crippen LogP contribution in [0.5, 0.6) is 0 Å². The van der Waals surface area contributed by atoms with Crippen LogP contribution < -0.4 is 5.32 Å². The number of sulfonamides is 1. The van der Waals surface area contributed by atoms with Crippen molar-refractivity contribution in [3.05, 3.63) is 34.4 Å². The van der Waals surface area contributed by atoms with Crippen molar-refractivity contribution in [3.63, 3.8) is 0 Å². The van der Waals surface area contributed by atoms with Crippen LogP contribution in [-0.4, -0.2) is 44.0 Å². The van der Waals surface area contributed by atoms with Gasteiger partial charge in [0.2, 0.25) is 10.0 Å². The van der Waals surface area contributed by atoms with E-state index in [-0.39, 0.29) is 18.0 Å². The first-order valence-corrected chi connectivity index (χ1v) is 6.82. The first kappa shape index (κ1) is 14.4. The number of rotatable bonds is 6. The predicted molar refractivity (Wildman–Crippen MR) is 69.1 cm³/mol. The van der Waals surface area contributed by atoms with Crippen molar-refractivity contribution in [3.8, 4) is 0 Å². The quantitative estimate of drug-likeness (QED) is 0.614. The lowest BCUT2D eigenvalue weighted by atomic mass is 10.3. The molecule has 7 nitrogen and oxygen atoms in total. The van der Waals surface area contributed by atoms with Crippen molar-refractivity contribution in [1.82, 2.24) is 4.31 Å². The Labute approximate surface area is 106 Å². The molecule has 0 atom stereocenters. The van der Waals surface area contributed by atoms with Crippen molar-refractivity contribution in [2.45, 2.75) is 0 Å². The molecule has 0 aliphatic heterocycles. The SMILES string of the molecule is CN(C)S(=O)(=O)CCNc1cccc([N+](=O)[O-])c1. The van der Waals surface area contributed by atoms with Gasteiger partial charge in [-0.1, -0.05) is 6.07 Å². The maximum absolute atomic E-state index is 11.5. The fourth-order valence-corrected chi connectivity index (χ4v) is 1.96. The van der Waals surface area contributed by atoms with E-state index in [0.717, 1.165) is 4.31 Å². The van der Waals surface area contributed by atoms with Crippen LogP contribution in [0.4, 0.5) is 11.4 Å². The van der Waals surface area contributed by atoms with Gasteiger partial charge in [-0.2, -0.15) is 0 Å². The van der Waals surface area contributed by atoms with E-state index in [1.54, 1.807) is 12.1 Å². The number of nitrogens with one attached hydrogen (secondary N) is 1. The fourth-order valence-electron chi connectivity index (χ4n) is 1.24. The molecule has 0 bridgehead atoms. The molecule has 1 N–H and O–H groups in total. The highest BCUT2D eigenvalue weighted by Gasteiger charge is 2.13. The molecule has 0 unspecified atom stereocenters.